The van der Waals surface area contributed by atoms with Crippen molar-refractivity contribution in [3.8, 4) is 17.1 Å². The second-order valence-electron chi connectivity index (χ2n) is 8.42. The molecular formula is C25H35FN2O. The third kappa shape index (κ3) is 6.52. The van der Waals surface area contributed by atoms with Crippen molar-refractivity contribution in [1.29, 1.82) is 0 Å². The Bertz CT molecular complexity index is 739. The summed E-state index contributed by atoms with van der Waals surface area (Å²) in [6.45, 7) is 4.73. The summed E-state index contributed by atoms with van der Waals surface area (Å²) >= 11 is 0. The van der Waals surface area contributed by atoms with Gasteiger partial charge in [0, 0.05) is 11.6 Å². The Labute approximate surface area is 175 Å². The molecule has 3 rings (SSSR count). The Morgan fingerprint density at radius 1 is 0.931 bits per heavy atom. The summed E-state index contributed by atoms with van der Waals surface area (Å²) in [6, 6.07) is 9.05. The summed E-state index contributed by atoms with van der Waals surface area (Å²) in [6.07, 6.45) is 12.8. The second kappa shape index (κ2) is 11.3. The van der Waals surface area contributed by atoms with Gasteiger partial charge in [-0.3, -0.25) is 0 Å². The Hall–Kier alpha value is -1.97. The average Bonchev–Trinajstić information content (AvgIpc) is 2.75. The van der Waals surface area contributed by atoms with Crippen molar-refractivity contribution < 1.29 is 9.13 Å². The van der Waals surface area contributed by atoms with Crippen LogP contribution in [-0.2, 0) is 6.42 Å². The van der Waals surface area contributed by atoms with Crippen LogP contribution in [0.4, 0.5) is 4.39 Å². The predicted molar refractivity (Wildman–Crippen MR) is 117 cm³/mol. The quantitative estimate of drug-likeness (QED) is 0.404. The van der Waals surface area contributed by atoms with E-state index in [0.29, 0.717) is 18.2 Å². The highest BCUT2D eigenvalue weighted by molar-refractivity contribution is 5.59. The van der Waals surface area contributed by atoms with Crippen molar-refractivity contribution in [2.75, 3.05) is 6.61 Å². The van der Waals surface area contributed by atoms with Crippen LogP contribution < -0.4 is 4.74 Å². The van der Waals surface area contributed by atoms with Crippen molar-refractivity contribution >= 4 is 0 Å². The lowest BCUT2D eigenvalue weighted by Crippen LogP contribution is -2.15. The fourth-order valence-electron chi connectivity index (χ4n) is 4.46. The maximum Gasteiger partial charge on any atom is 0.233 e. The lowest BCUT2D eigenvalue weighted by molar-refractivity contribution is 0.248. The molecule has 0 atom stereocenters. The summed E-state index contributed by atoms with van der Waals surface area (Å²) in [4.78, 5) is 0. The monoisotopic (exact) mass is 398 g/mol. The van der Waals surface area contributed by atoms with E-state index in [1.807, 2.05) is 25.1 Å². The summed E-state index contributed by atoms with van der Waals surface area (Å²) in [5.41, 5.74) is 2.24. The van der Waals surface area contributed by atoms with Gasteiger partial charge in [0.15, 0.2) is 0 Å². The van der Waals surface area contributed by atoms with Crippen LogP contribution in [0.3, 0.4) is 0 Å². The molecule has 0 N–H and O–H groups in total. The van der Waals surface area contributed by atoms with Crippen molar-refractivity contribution in [3.05, 3.63) is 41.7 Å². The zero-order chi connectivity index (χ0) is 20.5. The molecule has 0 spiro atoms. The van der Waals surface area contributed by atoms with Gasteiger partial charge in [-0.25, -0.2) is 4.39 Å². The first-order valence-corrected chi connectivity index (χ1v) is 11.4. The first-order chi connectivity index (χ1) is 14.2. The van der Waals surface area contributed by atoms with E-state index in [2.05, 4.69) is 17.1 Å². The lowest BCUT2D eigenvalue weighted by Gasteiger charge is -2.28. The van der Waals surface area contributed by atoms with Crippen LogP contribution in [0.25, 0.3) is 11.3 Å². The van der Waals surface area contributed by atoms with E-state index in [-0.39, 0.29) is 5.82 Å². The molecular weight excluding hydrogens is 363 g/mol. The third-order valence-corrected chi connectivity index (χ3v) is 6.29. The molecule has 2 aromatic rings. The van der Waals surface area contributed by atoms with Crippen LogP contribution in [0.15, 0.2) is 30.3 Å². The summed E-state index contributed by atoms with van der Waals surface area (Å²) in [7, 11) is 0. The second-order valence-corrected chi connectivity index (χ2v) is 8.42. The number of ether oxygens (including phenoxy) is 1. The van der Waals surface area contributed by atoms with E-state index < -0.39 is 0 Å². The highest BCUT2D eigenvalue weighted by atomic mass is 19.1. The Morgan fingerprint density at radius 3 is 2.31 bits per heavy atom. The molecule has 0 bridgehead atoms. The van der Waals surface area contributed by atoms with Crippen molar-refractivity contribution in [2.24, 2.45) is 11.8 Å². The lowest BCUT2D eigenvalue weighted by atomic mass is 9.77. The van der Waals surface area contributed by atoms with Crippen molar-refractivity contribution in [1.82, 2.24) is 10.2 Å². The van der Waals surface area contributed by atoms with Crippen molar-refractivity contribution in [2.45, 2.75) is 78.1 Å². The number of nitrogens with zero attached hydrogens (tertiary/aromatic N) is 2. The zero-order valence-electron chi connectivity index (χ0n) is 18.0. The van der Waals surface area contributed by atoms with Gasteiger partial charge in [-0.1, -0.05) is 70.4 Å². The molecule has 1 saturated carbocycles. The standard InChI is InChI=1S/C25H35FN2O/c1-3-5-6-7-19-8-10-20(11-9-19)12-13-21-14-15-22(18-23(21)26)24-16-17-25(28-27-24)29-4-2/h14-20H,3-13H2,1-2H3. The van der Waals surface area contributed by atoms with E-state index in [0.717, 1.165) is 35.8 Å². The molecule has 1 aliphatic rings. The van der Waals surface area contributed by atoms with Gasteiger partial charge in [-0.05, 0) is 49.3 Å². The number of aromatic nitrogens is 2. The maximum atomic E-state index is 14.7. The van der Waals surface area contributed by atoms with Crippen LogP contribution >= 0.6 is 0 Å². The number of hydrogen-bond donors (Lipinski definition) is 0. The first-order valence-electron chi connectivity index (χ1n) is 11.4. The molecule has 0 aliphatic heterocycles. The molecule has 1 fully saturated rings. The normalized spacial score (nSPS) is 19.3. The number of benzene rings is 1. The minimum atomic E-state index is -0.133. The smallest absolute Gasteiger partial charge is 0.233 e. The van der Waals surface area contributed by atoms with E-state index in [9.17, 15) is 4.39 Å². The molecule has 1 aliphatic carbocycles. The van der Waals surface area contributed by atoms with Gasteiger partial charge in [-0.15, -0.1) is 10.2 Å². The Morgan fingerprint density at radius 2 is 1.69 bits per heavy atom. The predicted octanol–water partition coefficient (Wildman–Crippen LogP) is 7.00. The van der Waals surface area contributed by atoms with Gasteiger partial charge in [0.2, 0.25) is 5.88 Å². The zero-order valence-corrected chi connectivity index (χ0v) is 18.0. The summed E-state index contributed by atoms with van der Waals surface area (Å²) in [5, 5.41) is 8.18. The van der Waals surface area contributed by atoms with Crippen LogP contribution in [0.1, 0.15) is 77.2 Å². The van der Waals surface area contributed by atoms with Crippen LogP contribution in [-0.4, -0.2) is 16.8 Å². The average molecular weight is 399 g/mol. The maximum absolute atomic E-state index is 14.7. The molecule has 0 radical (unpaired) electrons. The minimum Gasteiger partial charge on any atom is -0.477 e. The van der Waals surface area contributed by atoms with Crippen molar-refractivity contribution in [3.63, 3.8) is 0 Å². The molecule has 0 saturated heterocycles. The molecule has 4 heteroatoms. The number of halogens is 1. The topological polar surface area (TPSA) is 35.0 Å². The number of aryl methyl sites for hydroxylation is 1. The highest BCUT2D eigenvalue weighted by Gasteiger charge is 2.21. The third-order valence-electron chi connectivity index (χ3n) is 6.29. The van der Waals surface area contributed by atoms with E-state index in [1.165, 1.54) is 51.4 Å². The number of unbranched alkanes of at least 4 members (excludes halogenated alkanes) is 2. The van der Waals surface area contributed by atoms with E-state index in [1.54, 1.807) is 12.1 Å². The Kier molecular flexibility index (Phi) is 8.45. The van der Waals surface area contributed by atoms with E-state index in [4.69, 9.17) is 4.74 Å². The number of rotatable bonds is 10. The molecule has 1 aromatic carbocycles. The van der Waals surface area contributed by atoms with Gasteiger partial charge in [0.1, 0.15) is 5.82 Å². The van der Waals surface area contributed by atoms with E-state index >= 15 is 0 Å². The van der Waals surface area contributed by atoms with Crippen LogP contribution in [0.5, 0.6) is 5.88 Å². The first kappa shape index (κ1) is 21.7. The van der Waals surface area contributed by atoms with Gasteiger partial charge < -0.3 is 4.74 Å². The molecule has 158 valence electrons. The van der Waals surface area contributed by atoms with Gasteiger partial charge >= 0.3 is 0 Å². The van der Waals surface area contributed by atoms with Gasteiger partial charge in [-0.2, -0.15) is 0 Å². The largest absolute Gasteiger partial charge is 0.477 e. The fraction of sp³-hybridized carbons (Fsp3) is 0.600. The van der Waals surface area contributed by atoms with Crippen LogP contribution in [0.2, 0.25) is 0 Å². The number of hydrogen-bond acceptors (Lipinski definition) is 3. The molecule has 29 heavy (non-hydrogen) atoms. The molecule has 0 unspecified atom stereocenters. The highest BCUT2D eigenvalue weighted by Crippen LogP contribution is 2.34. The Balaban J connectivity index is 1.48. The van der Waals surface area contributed by atoms with Gasteiger partial charge in [0.25, 0.3) is 0 Å². The molecule has 0 amide bonds. The van der Waals surface area contributed by atoms with Gasteiger partial charge in [0.05, 0.1) is 12.3 Å². The summed E-state index contributed by atoms with van der Waals surface area (Å²) < 4.78 is 20.0. The SMILES string of the molecule is CCCCCC1CCC(CCc2ccc(-c3ccc(OCC)nn3)cc2F)CC1. The molecule has 3 nitrogen and oxygen atoms in total. The minimum absolute atomic E-state index is 0.133. The van der Waals surface area contributed by atoms with Crippen LogP contribution in [0, 0.1) is 17.7 Å². The summed E-state index contributed by atoms with van der Waals surface area (Å²) in [5.74, 6) is 2.05. The molecule has 1 heterocycles. The fourth-order valence-corrected chi connectivity index (χ4v) is 4.46. The molecule has 1 aromatic heterocycles.